The number of aromatic nitrogens is 1. The number of carbonyl (C=O) groups is 1. The summed E-state index contributed by atoms with van der Waals surface area (Å²) < 4.78 is 20.9. The molecule has 0 radical (unpaired) electrons. The largest absolute Gasteiger partial charge is 0.482 e. The number of hydrogen-bond acceptors (Lipinski definition) is 6. The van der Waals surface area contributed by atoms with Crippen molar-refractivity contribution in [3.05, 3.63) is 60.0 Å². The van der Waals surface area contributed by atoms with Gasteiger partial charge >= 0.3 is 5.97 Å². The van der Waals surface area contributed by atoms with Crippen LogP contribution in [0, 0.1) is 0 Å². The van der Waals surface area contributed by atoms with E-state index < -0.39 is 5.97 Å². The molecule has 3 rings (SSSR count). The van der Waals surface area contributed by atoms with Gasteiger partial charge in [-0.25, -0.2) is 4.79 Å². The van der Waals surface area contributed by atoms with E-state index in [4.69, 9.17) is 18.4 Å². The van der Waals surface area contributed by atoms with E-state index in [1.807, 2.05) is 24.3 Å². The van der Waals surface area contributed by atoms with Crippen LogP contribution < -0.4 is 4.74 Å². The van der Waals surface area contributed by atoms with Crippen molar-refractivity contribution >= 4 is 5.97 Å². The lowest BCUT2D eigenvalue weighted by Gasteiger charge is -2.08. The maximum atomic E-state index is 11.8. The molecule has 2 heterocycles. The Morgan fingerprint density at radius 1 is 1.16 bits per heavy atom. The smallest absolute Gasteiger partial charge is 0.344 e. The van der Waals surface area contributed by atoms with Crippen LogP contribution in [0.15, 0.2) is 57.7 Å². The highest BCUT2D eigenvalue weighted by molar-refractivity contribution is 5.71. The lowest BCUT2D eigenvalue weighted by molar-refractivity contribution is -0.147. The summed E-state index contributed by atoms with van der Waals surface area (Å²) in [6, 6.07) is 12.8. The molecule has 2 aromatic heterocycles. The van der Waals surface area contributed by atoms with Crippen LogP contribution in [0.1, 0.15) is 31.0 Å². The van der Waals surface area contributed by atoms with Crippen LogP contribution in [-0.4, -0.2) is 17.7 Å². The second-order valence-electron chi connectivity index (χ2n) is 5.83. The Balaban J connectivity index is 1.45. The van der Waals surface area contributed by atoms with Crippen LogP contribution >= 0.6 is 0 Å². The third-order valence-electron chi connectivity index (χ3n) is 3.61. The van der Waals surface area contributed by atoms with Crippen LogP contribution in [0.5, 0.6) is 5.75 Å². The lowest BCUT2D eigenvalue weighted by Crippen LogP contribution is -2.14. The molecule has 0 aliphatic heterocycles. The van der Waals surface area contributed by atoms with Crippen LogP contribution in [0.25, 0.3) is 11.5 Å². The molecule has 1 aromatic carbocycles. The maximum absolute atomic E-state index is 11.8. The second-order valence-corrected chi connectivity index (χ2v) is 5.83. The molecule has 0 N–H and O–H groups in total. The minimum atomic E-state index is -0.476. The van der Waals surface area contributed by atoms with Gasteiger partial charge in [-0.1, -0.05) is 31.1 Å². The molecule has 6 heteroatoms. The van der Waals surface area contributed by atoms with Gasteiger partial charge in [-0.15, -0.1) is 0 Å². The molecule has 0 spiro atoms. The summed E-state index contributed by atoms with van der Waals surface area (Å²) in [7, 11) is 0. The molecule has 0 aliphatic carbocycles. The van der Waals surface area contributed by atoms with E-state index in [1.54, 1.807) is 24.5 Å². The topological polar surface area (TPSA) is 74.7 Å². The molecule has 0 saturated carbocycles. The number of nitrogens with zero attached hydrogens (tertiary/aromatic N) is 1. The Bertz CT molecular complexity index is 803. The number of rotatable bonds is 7. The molecular formula is C19H19NO5. The van der Waals surface area contributed by atoms with E-state index in [0.29, 0.717) is 28.9 Å². The van der Waals surface area contributed by atoms with Crippen molar-refractivity contribution in [3.63, 3.8) is 0 Å². The lowest BCUT2D eigenvalue weighted by atomic mass is 10.0. The summed E-state index contributed by atoms with van der Waals surface area (Å²) >= 11 is 0. The van der Waals surface area contributed by atoms with Crippen LogP contribution in [0.2, 0.25) is 0 Å². The highest BCUT2D eigenvalue weighted by Crippen LogP contribution is 2.21. The Morgan fingerprint density at radius 3 is 2.64 bits per heavy atom. The maximum Gasteiger partial charge on any atom is 0.344 e. The van der Waals surface area contributed by atoms with Gasteiger partial charge in [0.05, 0.1) is 6.26 Å². The van der Waals surface area contributed by atoms with Crippen molar-refractivity contribution < 1.29 is 23.2 Å². The average molecular weight is 341 g/mol. The summed E-state index contributed by atoms with van der Waals surface area (Å²) in [5.74, 6) is 1.65. The minimum absolute atomic E-state index is 0.0126. The fourth-order valence-electron chi connectivity index (χ4n) is 2.20. The van der Waals surface area contributed by atoms with Gasteiger partial charge in [-0.3, -0.25) is 0 Å². The third kappa shape index (κ3) is 4.50. The van der Waals surface area contributed by atoms with E-state index >= 15 is 0 Å². The number of carbonyl (C=O) groups excluding carboxylic acids is 1. The van der Waals surface area contributed by atoms with Gasteiger partial charge in [0.1, 0.15) is 18.1 Å². The van der Waals surface area contributed by atoms with E-state index in [1.165, 1.54) is 5.56 Å². The van der Waals surface area contributed by atoms with Crippen LogP contribution in [0.3, 0.4) is 0 Å². The van der Waals surface area contributed by atoms with E-state index in [-0.39, 0.29) is 13.2 Å². The zero-order chi connectivity index (χ0) is 17.6. The number of benzene rings is 1. The highest BCUT2D eigenvalue weighted by atomic mass is 16.6. The first-order chi connectivity index (χ1) is 12.1. The number of ether oxygens (including phenoxy) is 2. The summed E-state index contributed by atoms with van der Waals surface area (Å²) in [6.45, 7) is 4.09. The normalized spacial score (nSPS) is 10.8. The van der Waals surface area contributed by atoms with Crippen LogP contribution in [-0.2, 0) is 16.1 Å². The molecule has 130 valence electrons. The van der Waals surface area contributed by atoms with Gasteiger partial charge in [0.2, 0.25) is 5.76 Å². The standard InChI is InChI=1S/C19H19NO5/c1-13(2)14-5-7-16(8-6-14)23-12-19(21)24-11-15-10-18(25-20-15)17-4-3-9-22-17/h3-10,13H,11-12H2,1-2H3. The average Bonchev–Trinajstić information content (AvgIpc) is 3.29. The molecule has 0 aliphatic rings. The summed E-state index contributed by atoms with van der Waals surface area (Å²) in [5.41, 5.74) is 1.72. The van der Waals surface area contributed by atoms with Gasteiger partial charge in [-0.2, -0.15) is 0 Å². The van der Waals surface area contributed by atoms with Crippen molar-refractivity contribution in [1.29, 1.82) is 0 Å². The minimum Gasteiger partial charge on any atom is -0.482 e. The zero-order valence-electron chi connectivity index (χ0n) is 14.1. The van der Waals surface area contributed by atoms with Crippen molar-refractivity contribution in [2.45, 2.75) is 26.4 Å². The van der Waals surface area contributed by atoms with Crippen molar-refractivity contribution in [3.8, 4) is 17.3 Å². The Hall–Kier alpha value is -3.02. The molecule has 0 saturated heterocycles. The highest BCUT2D eigenvalue weighted by Gasteiger charge is 2.11. The molecule has 0 bridgehead atoms. The van der Waals surface area contributed by atoms with Crippen molar-refractivity contribution in [1.82, 2.24) is 5.16 Å². The van der Waals surface area contributed by atoms with E-state index in [0.717, 1.165) is 0 Å². The van der Waals surface area contributed by atoms with Crippen molar-refractivity contribution in [2.75, 3.05) is 6.61 Å². The predicted octanol–water partition coefficient (Wildman–Crippen LogP) is 4.18. The zero-order valence-corrected chi connectivity index (χ0v) is 14.1. The molecule has 0 fully saturated rings. The summed E-state index contributed by atoms with van der Waals surface area (Å²) in [4.78, 5) is 11.8. The van der Waals surface area contributed by atoms with Crippen LogP contribution in [0.4, 0.5) is 0 Å². The predicted molar refractivity (Wildman–Crippen MR) is 90.0 cm³/mol. The number of furan rings is 1. The molecule has 3 aromatic rings. The van der Waals surface area contributed by atoms with E-state index in [9.17, 15) is 4.79 Å². The van der Waals surface area contributed by atoms with Gasteiger partial charge in [0, 0.05) is 6.07 Å². The Kier molecular flexibility index (Phi) is 5.18. The quantitative estimate of drug-likeness (QED) is 0.600. The van der Waals surface area contributed by atoms with E-state index in [2.05, 4.69) is 19.0 Å². The first-order valence-corrected chi connectivity index (χ1v) is 7.99. The number of hydrogen-bond donors (Lipinski definition) is 0. The monoisotopic (exact) mass is 341 g/mol. The first kappa shape index (κ1) is 16.8. The molecule has 0 amide bonds. The Morgan fingerprint density at radius 2 is 1.96 bits per heavy atom. The molecule has 0 unspecified atom stereocenters. The van der Waals surface area contributed by atoms with Gasteiger partial charge in [0.25, 0.3) is 0 Å². The summed E-state index contributed by atoms with van der Waals surface area (Å²) in [6.07, 6.45) is 1.54. The third-order valence-corrected chi connectivity index (χ3v) is 3.61. The van der Waals surface area contributed by atoms with Gasteiger partial charge in [0.15, 0.2) is 12.4 Å². The fourth-order valence-corrected chi connectivity index (χ4v) is 2.20. The molecule has 6 nitrogen and oxygen atoms in total. The van der Waals surface area contributed by atoms with Gasteiger partial charge < -0.3 is 18.4 Å². The molecule has 0 atom stereocenters. The first-order valence-electron chi connectivity index (χ1n) is 7.99. The fraction of sp³-hybridized carbons (Fsp3) is 0.263. The summed E-state index contributed by atoms with van der Waals surface area (Å²) in [5, 5.41) is 3.84. The number of esters is 1. The Labute approximate surface area is 145 Å². The SMILES string of the molecule is CC(C)c1ccc(OCC(=O)OCc2cc(-c3ccco3)on2)cc1. The second kappa shape index (κ2) is 7.70. The molecule has 25 heavy (non-hydrogen) atoms. The molecular weight excluding hydrogens is 322 g/mol. The van der Waals surface area contributed by atoms with Gasteiger partial charge in [-0.05, 0) is 35.7 Å². The van der Waals surface area contributed by atoms with Crippen molar-refractivity contribution in [2.24, 2.45) is 0 Å².